The number of rotatable bonds is 8. The van der Waals surface area contributed by atoms with Crippen molar-refractivity contribution in [3.63, 3.8) is 0 Å². The first-order chi connectivity index (χ1) is 16.8. The first-order valence-electron chi connectivity index (χ1n) is 11.6. The Balaban J connectivity index is 1.34. The zero-order chi connectivity index (χ0) is 24.8. The molecule has 184 valence electrons. The summed E-state index contributed by atoms with van der Waals surface area (Å²) in [5.74, 6) is 0.466. The van der Waals surface area contributed by atoms with E-state index < -0.39 is 10.0 Å². The van der Waals surface area contributed by atoms with E-state index in [1.54, 1.807) is 24.3 Å². The summed E-state index contributed by atoms with van der Waals surface area (Å²) in [5, 5.41) is 0. The first kappa shape index (κ1) is 24.8. The number of carbonyl (C=O) groups is 1. The molecule has 1 heterocycles. The van der Waals surface area contributed by atoms with Crippen LogP contribution in [0.2, 0.25) is 0 Å². The predicted octanol–water partition coefficient (Wildman–Crippen LogP) is 3.40. The lowest BCUT2D eigenvalue weighted by atomic mass is 9.96. The Hall–Kier alpha value is -3.36. The molecule has 0 aliphatic carbocycles. The molecule has 7 nitrogen and oxygen atoms in total. The van der Waals surface area contributed by atoms with E-state index in [9.17, 15) is 13.2 Å². The van der Waals surface area contributed by atoms with E-state index in [-0.39, 0.29) is 18.6 Å². The van der Waals surface area contributed by atoms with Crippen molar-refractivity contribution < 1.29 is 17.9 Å². The summed E-state index contributed by atoms with van der Waals surface area (Å²) >= 11 is 0. The van der Waals surface area contributed by atoms with E-state index in [0.717, 1.165) is 19.3 Å². The number of piperazine rings is 1. The van der Waals surface area contributed by atoms with Gasteiger partial charge in [0, 0.05) is 33.2 Å². The number of benzene rings is 3. The second-order valence-electron chi connectivity index (χ2n) is 8.65. The highest BCUT2D eigenvalue weighted by atomic mass is 32.2. The van der Waals surface area contributed by atoms with Crippen molar-refractivity contribution in [2.75, 3.05) is 50.4 Å². The van der Waals surface area contributed by atoms with Crippen LogP contribution in [0.4, 0.5) is 5.69 Å². The highest BCUT2D eigenvalue weighted by molar-refractivity contribution is 7.92. The van der Waals surface area contributed by atoms with E-state index in [4.69, 9.17) is 4.74 Å². The minimum absolute atomic E-state index is 0.0535. The lowest BCUT2D eigenvalue weighted by molar-refractivity contribution is -0.135. The molecular weight excluding hydrogens is 462 g/mol. The van der Waals surface area contributed by atoms with Crippen LogP contribution in [-0.4, -0.2) is 70.2 Å². The average Bonchev–Trinajstić information content (AvgIpc) is 2.88. The van der Waals surface area contributed by atoms with Crippen LogP contribution in [0, 0.1) is 0 Å². The predicted molar refractivity (Wildman–Crippen MR) is 138 cm³/mol. The Morgan fingerprint density at radius 3 is 1.86 bits per heavy atom. The van der Waals surface area contributed by atoms with Gasteiger partial charge in [-0.05, 0) is 35.4 Å². The largest absolute Gasteiger partial charge is 0.484 e. The topological polar surface area (TPSA) is 70.2 Å². The molecule has 1 fully saturated rings. The normalized spacial score (nSPS) is 14.7. The minimum Gasteiger partial charge on any atom is -0.484 e. The number of carbonyl (C=O) groups excluding carboxylic acids is 1. The number of amides is 1. The maximum absolute atomic E-state index is 12.8. The SMILES string of the molecule is CN(c1ccc(OCC(=O)N2CCN(C(c3ccccc3)c3ccccc3)CC2)cc1)S(C)(=O)=O. The molecule has 1 saturated heterocycles. The molecule has 1 aliphatic heterocycles. The van der Waals surface area contributed by atoms with Crippen molar-refractivity contribution in [2.45, 2.75) is 6.04 Å². The molecule has 0 N–H and O–H groups in total. The van der Waals surface area contributed by atoms with Crippen LogP contribution in [0.1, 0.15) is 17.2 Å². The Morgan fingerprint density at radius 1 is 0.857 bits per heavy atom. The standard InChI is InChI=1S/C27H31N3O4S/c1-28(35(2,32)33)24-13-15-25(16-14-24)34-21-26(31)29-17-19-30(20-18-29)27(22-9-5-3-6-10-22)23-11-7-4-8-12-23/h3-16,27H,17-21H2,1-2H3. The van der Waals surface area contributed by atoms with Crippen molar-refractivity contribution in [1.29, 1.82) is 0 Å². The van der Waals surface area contributed by atoms with Crippen LogP contribution in [0.5, 0.6) is 5.75 Å². The molecule has 0 unspecified atom stereocenters. The van der Waals surface area contributed by atoms with Gasteiger partial charge in [-0.2, -0.15) is 0 Å². The maximum atomic E-state index is 12.8. The third-order valence-corrected chi connectivity index (χ3v) is 7.53. The van der Waals surface area contributed by atoms with Gasteiger partial charge in [0.2, 0.25) is 10.0 Å². The number of sulfonamides is 1. The van der Waals surface area contributed by atoms with E-state index in [1.807, 2.05) is 17.0 Å². The Morgan fingerprint density at radius 2 is 1.37 bits per heavy atom. The van der Waals surface area contributed by atoms with Gasteiger partial charge in [0.05, 0.1) is 18.0 Å². The minimum atomic E-state index is -3.33. The van der Waals surface area contributed by atoms with Gasteiger partial charge < -0.3 is 9.64 Å². The number of anilines is 1. The molecule has 3 aromatic carbocycles. The third kappa shape index (κ3) is 6.21. The summed E-state index contributed by atoms with van der Waals surface area (Å²) < 4.78 is 30.2. The first-order valence-corrected chi connectivity index (χ1v) is 13.5. The quantitative estimate of drug-likeness (QED) is 0.481. The highest BCUT2D eigenvalue weighted by Gasteiger charge is 2.28. The fourth-order valence-corrected chi connectivity index (χ4v) is 4.80. The molecule has 3 aromatic rings. The summed E-state index contributed by atoms with van der Waals surface area (Å²) in [7, 11) is -1.83. The average molecular weight is 494 g/mol. The summed E-state index contributed by atoms with van der Waals surface area (Å²) in [5.41, 5.74) is 3.02. The van der Waals surface area contributed by atoms with Crippen LogP contribution in [0.25, 0.3) is 0 Å². The highest BCUT2D eigenvalue weighted by Crippen LogP contribution is 2.29. The van der Waals surface area contributed by atoms with Crippen LogP contribution in [0.15, 0.2) is 84.9 Å². The van der Waals surface area contributed by atoms with Crippen LogP contribution < -0.4 is 9.04 Å². The molecule has 4 rings (SSSR count). The van der Waals surface area contributed by atoms with Gasteiger partial charge in [-0.15, -0.1) is 0 Å². The molecule has 0 radical (unpaired) electrons. The molecule has 0 aromatic heterocycles. The molecule has 0 saturated carbocycles. The molecule has 0 bridgehead atoms. The molecule has 0 atom stereocenters. The lowest BCUT2D eigenvalue weighted by Gasteiger charge is -2.39. The van der Waals surface area contributed by atoms with E-state index in [2.05, 4.69) is 53.4 Å². The monoisotopic (exact) mass is 493 g/mol. The third-order valence-electron chi connectivity index (χ3n) is 6.32. The zero-order valence-electron chi connectivity index (χ0n) is 20.1. The number of hydrogen-bond donors (Lipinski definition) is 0. The second kappa shape index (κ2) is 10.9. The number of nitrogens with zero attached hydrogens (tertiary/aromatic N) is 3. The molecular formula is C27H31N3O4S. The molecule has 35 heavy (non-hydrogen) atoms. The molecule has 8 heteroatoms. The summed E-state index contributed by atoms with van der Waals surface area (Å²) in [6, 6.07) is 27.7. The summed E-state index contributed by atoms with van der Waals surface area (Å²) in [4.78, 5) is 17.1. The van der Waals surface area contributed by atoms with Gasteiger partial charge in [0.1, 0.15) is 5.75 Å². The summed E-state index contributed by atoms with van der Waals surface area (Å²) in [6.07, 6.45) is 1.15. The van der Waals surface area contributed by atoms with Crippen molar-refractivity contribution in [3.05, 3.63) is 96.1 Å². The fourth-order valence-electron chi connectivity index (χ4n) is 4.29. The van der Waals surface area contributed by atoms with Gasteiger partial charge in [0.15, 0.2) is 6.61 Å². The maximum Gasteiger partial charge on any atom is 0.260 e. The Bertz CT molecular complexity index is 1170. The Labute approximate surface area is 207 Å². The molecule has 1 amide bonds. The summed E-state index contributed by atoms with van der Waals surface area (Å²) in [6.45, 7) is 2.76. The number of ether oxygens (including phenoxy) is 1. The molecule has 1 aliphatic rings. The van der Waals surface area contributed by atoms with E-state index in [1.165, 1.54) is 22.5 Å². The van der Waals surface area contributed by atoms with Crippen LogP contribution >= 0.6 is 0 Å². The van der Waals surface area contributed by atoms with Gasteiger partial charge in [-0.25, -0.2) is 8.42 Å². The van der Waals surface area contributed by atoms with E-state index in [0.29, 0.717) is 24.5 Å². The number of hydrogen-bond acceptors (Lipinski definition) is 5. The lowest BCUT2D eigenvalue weighted by Crippen LogP contribution is -2.51. The van der Waals surface area contributed by atoms with Gasteiger partial charge in [-0.3, -0.25) is 14.0 Å². The van der Waals surface area contributed by atoms with Crippen molar-refractivity contribution >= 4 is 21.6 Å². The van der Waals surface area contributed by atoms with E-state index >= 15 is 0 Å². The molecule has 0 spiro atoms. The van der Waals surface area contributed by atoms with Crippen molar-refractivity contribution in [2.24, 2.45) is 0 Å². The van der Waals surface area contributed by atoms with Crippen molar-refractivity contribution in [1.82, 2.24) is 9.80 Å². The Kier molecular flexibility index (Phi) is 7.73. The van der Waals surface area contributed by atoms with Gasteiger partial charge >= 0.3 is 0 Å². The zero-order valence-corrected chi connectivity index (χ0v) is 20.9. The van der Waals surface area contributed by atoms with Gasteiger partial charge in [-0.1, -0.05) is 60.7 Å². The fraction of sp³-hybridized carbons (Fsp3) is 0.296. The van der Waals surface area contributed by atoms with Gasteiger partial charge in [0.25, 0.3) is 5.91 Å². The van der Waals surface area contributed by atoms with Crippen LogP contribution in [-0.2, 0) is 14.8 Å². The second-order valence-corrected chi connectivity index (χ2v) is 10.7. The van der Waals surface area contributed by atoms with Crippen LogP contribution in [0.3, 0.4) is 0 Å². The van der Waals surface area contributed by atoms with Crippen molar-refractivity contribution in [3.8, 4) is 5.75 Å². The smallest absolute Gasteiger partial charge is 0.260 e.